The summed E-state index contributed by atoms with van der Waals surface area (Å²) >= 11 is 0. The molecule has 0 saturated carbocycles. The van der Waals surface area contributed by atoms with Crippen LogP contribution in [-0.2, 0) is 6.54 Å². The number of nitro groups is 1. The number of halogens is 2. The van der Waals surface area contributed by atoms with Crippen molar-refractivity contribution >= 4 is 30.5 Å². The Morgan fingerprint density at radius 1 is 1.53 bits per heavy atom. The molecule has 1 aromatic rings. The molecule has 1 aliphatic heterocycles. The van der Waals surface area contributed by atoms with E-state index in [1.165, 1.54) is 12.4 Å². The standard InChI is InChI=1S/C10H17N5O2.2ClH/c1-9-6-11-2-3-13(9)4-5-14-8-10(7-12-14)15(16)17;;/h7-9,11H,2-6H2,1H3;2*1H/t9-;;/m0../s1. The summed E-state index contributed by atoms with van der Waals surface area (Å²) in [4.78, 5) is 12.5. The van der Waals surface area contributed by atoms with Crippen LogP contribution in [-0.4, -0.2) is 51.8 Å². The third-order valence-electron chi connectivity index (χ3n) is 3.09. The number of rotatable bonds is 4. The molecule has 0 amide bonds. The minimum Gasteiger partial charge on any atom is -0.314 e. The van der Waals surface area contributed by atoms with Crippen molar-refractivity contribution in [2.45, 2.75) is 19.5 Å². The van der Waals surface area contributed by atoms with E-state index in [1.54, 1.807) is 4.68 Å². The molecule has 1 saturated heterocycles. The topological polar surface area (TPSA) is 76.2 Å². The SMILES string of the molecule is C[C@H]1CNCCN1CCn1cc([N+](=O)[O-])cn1.Cl.Cl. The fourth-order valence-corrected chi connectivity index (χ4v) is 2.02. The van der Waals surface area contributed by atoms with Crippen LogP contribution in [0.2, 0.25) is 0 Å². The van der Waals surface area contributed by atoms with E-state index in [2.05, 4.69) is 22.2 Å². The number of nitrogens with zero attached hydrogens (tertiary/aromatic N) is 4. The average Bonchev–Trinajstić information content (AvgIpc) is 2.77. The third-order valence-corrected chi connectivity index (χ3v) is 3.09. The van der Waals surface area contributed by atoms with Crippen molar-refractivity contribution in [1.29, 1.82) is 0 Å². The molecule has 0 unspecified atom stereocenters. The van der Waals surface area contributed by atoms with Crippen molar-refractivity contribution < 1.29 is 4.92 Å². The Kier molecular flexibility index (Phi) is 7.93. The van der Waals surface area contributed by atoms with Gasteiger partial charge in [-0.05, 0) is 6.92 Å². The molecule has 0 spiro atoms. The maximum absolute atomic E-state index is 10.5. The Bertz CT molecular complexity index is 401. The van der Waals surface area contributed by atoms with Crippen molar-refractivity contribution in [1.82, 2.24) is 20.0 Å². The van der Waals surface area contributed by atoms with Gasteiger partial charge in [-0.2, -0.15) is 5.10 Å². The van der Waals surface area contributed by atoms with Crippen molar-refractivity contribution in [3.8, 4) is 0 Å². The normalized spacial score (nSPS) is 19.3. The molecule has 0 radical (unpaired) electrons. The Morgan fingerprint density at radius 2 is 2.26 bits per heavy atom. The van der Waals surface area contributed by atoms with Crippen LogP contribution >= 0.6 is 24.8 Å². The maximum atomic E-state index is 10.5. The molecule has 2 rings (SSSR count). The number of piperazine rings is 1. The minimum atomic E-state index is -0.420. The molecule has 1 aromatic heterocycles. The zero-order valence-electron chi connectivity index (χ0n) is 10.7. The van der Waals surface area contributed by atoms with Gasteiger partial charge in [0.05, 0.1) is 11.5 Å². The summed E-state index contributed by atoms with van der Waals surface area (Å²) in [5.74, 6) is 0. The lowest BCUT2D eigenvalue weighted by Gasteiger charge is -2.33. The van der Waals surface area contributed by atoms with Crippen LogP contribution in [0.1, 0.15) is 6.92 Å². The minimum absolute atomic E-state index is 0. The summed E-state index contributed by atoms with van der Waals surface area (Å²) in [6.45, 7) is 6.77. The highest BCUT2D eigenvalue weighted by Crippen LogP contribution is 2.08. The molecular weight excluding hydrogens is 293 g/mol. The van der Waals surface area contributed by atoms with Crippen molar-refractivity contribution in [3.63, 3.8) is 0 Å². The zero-order valence-corrected chi connectivity index (χ0v) is 12.3. The third kappa shape index (κ3) is 4.94. The molecule has 9 heteroatoms. The first-order valence-corrected chi connectivity index (χ1v) is 5.78. The quantitative estimate of drug-likeness (QED) is 0.661. The number of aromatic nitrogens is 2. The van der Waals surface area contributed by atoms with Crippen LogP contribution in [0.5, 0.6) is 0 Å². The highest BCUT2D eigenvalue weighted by atomic mass is 35.5. The fourth-order valence-electron chi connectivity index (χ4n) is 2.02. The van der Waals surface area contributed by atoms with Gasteiger partial charge in [-0.25, -0.2) is 0 Å². The van der Waals surface area contributed by atoms with Gasteiger partial charge in [0.1, 0.15) is 12.4 Å². The van der Waals surface area contributed by atoms with Crippen LogP contribution in [0.15, 0.2) is 12.4 Å². The lowest BCUT2D eigenvalue weighted by atomic mass is 10.2. The maximum Gasteiger partial charge on any atom is 0.306 e. The van der Waals surface area contributed by atoms with Gasteiger partial charge in [0.2, 0.25) is 0 Å². The zero-order chi connectivity index (χ0) is 12.3. The molecule has 1 fully saturated rings. The van der Waals surface area contributed by atoms with Gasteiger partial charge in [-0.3, -0.25) is 19.7 Å². The summed E-state index contributed by atoms with van der Waals surface area (Å²) in [7, 11) is 0. The summed E-state index contributed by atoms with van der Waals surface area (Å²) < 4.78 is 1.63. The van der Waals surface area contributed by atoms with Gasteiger partial charge in [0.15, 0.2) is 0 Å². The van der Waals surface area contributed by atoms with E-state index >= 15 is 0 Å². The molecule has 1 N–H and O–H groups in total. The van der Waals surface area contributed by atoms with Crippen LogP contribution in [0.4, 0.5) is 5.69 Å². The largest absolute Gasteiger partial charge is 0.314 e. The van der Waals surface area contributed by atoms with Gasteiger partial charge in [-0.15, -0.1) is 24.8 Å². The van der Waals surface area contributed by atoms with Crippen molar-refractivity contribution in [3.05, 3.63) is 22.5 Å². The van der Waals surface area contributed by atoms with E-state index in [9.17, 15) is 10.1 Å². The summed E-state index contributed by atoms with van der Waals surface area (Å²) in [5.41, 5.74) is 0.0540. The second-order valence-corrected chi connectivity index (χ2v) is 4.31. The first-order chi connectivity index (χ1) is 8.16. The highest BCUT2D eigenvalue weighted by molar-refractivity contribution is 5.85. The molecule has 0 aliphatic carbocycles. The number of nitrogens with one attached hydrogen (secondary N) is 1. The van der Waals surface area contributed by atoms with E-state index in [4.69, 9.17) is 0 Å². The van der Waals surface area contributed by atoms with E-state index in [0.29, 0.717) is 12.6 Å². The molecule has 1 atom stereocenters. The number of hydrogen-bond donors (Lipinski definition) is 1. The second kappa shape index (κ2) is 8.31. The average molecular weight is 312 g/mol. The second-order valence-electron chi connectivity index (χ2n) is 4.31. The highest BCUT2D eigenvalue weighted by Gasteiger charge is 2.17. The molecule has 19 heavy (non-hydrogen) atoms. The first-order valence-electron chi connectivity index (χ1n) is 5.78. The fraction of sp³-hybridized carbons (Fsp3) is 0.700. The van der Waals surface area contributed by atoms with Gasteiger partial charge >= 0.3 is 5.69 Å². The number of hydrogen-bond acceptors (Lipinski definition) is 5. The summed E-state index contributed by atoms with van der Waals surface area (Å²) in [6.07, 6.45) is 2.77. The summed E-state index contributed by atoms with van der Waals surface area (Å²) in [5, 5.41) is 17.8. The van der Waals surface area contributed by atoms with E-state index in [-0.39, 0.29) is 30.5 Å². The first kappa shape index (κ1) is 18.1. The van der Waals surface area contributed by atoms with Gasteiger partial charge < -0.3 is 5.32 Å². The van der Waals surface area contributed by atoms with Crippen LogP contribution < -0.4 is 5.32 Å². The monoisotopic (exact) mass is 311 g/mol. The molecular formula is C10H19Cl2N5O2. The lowest BCUT2D eigenvalue weighted by Crippen LogP contribution is -2.50. The molecule has 0 bridgehead atoms. The predicted molar refractivity (Wildman–Crippen MR) is 77.3 cm³/mol. The van der Waals surface area contributed by atoms with Crippen LogP contribution in [0.25, 0.3) is 0 Å². The van der Waals surface area contributed by atoms with Gasteiger partial charge in [-0.1, -0.05) is 0 Å². The Labute approximate surface area is 124 Å². The van der Waals surface area contributed by atoms with Crippen LogP contribution in [0.3, 0.4) is 0 Å². The Balaban J connectivity index is 0.00000162. The Morgan fingerprint density at radius 3 is 2.84 bits per heavy atom. The molecule has 2 heterocycles. The lowest BCUT2D eigenvalue weighted by molar-refractivity contribution is -0.385. The molecule has 110 valence electrons. The van der Waals surface area contributed by atoms with Crippen molar-refractivity contribution in [2.75, 3.05) is 26.2 Å². The predicted octanol–water partition coefficient (Wildman–Crippen LogP) is 0.929. The smallest absolute Gasteiger partial charge is 0.306 e. The van der Waals surface area contributed by atoms with E-state index in [1.807, 2.05) is 0 Å². The van der Waals surface area contributed by atoms with Crippen LogP contribution in [0, 0.1) is 10.1 Å². The molecule has 0 aromatic carbocycles. The summed E-state index contributed by atoms with van der Waals surface area (Å²) in [6, 6.07) is 0.509. The Hall–Kier alpha value is -0.890. The molecule has 7 nitrogen and oxygen atoms in total. The van der Waals surface area contributed by atoms with Gasteiger partial charge in [0, 0.05) is 32.2 Å². The molecule has 1 aliphatic rings. The van der Waals surface area contributed by atoms with Gasteiger partial charge in [0.25, 0.3) is 0 Å². The van der Waals surface area contributed by atoms with E-state index < -0.39 is 4.92 Å². The van der Waals surface area contributed by atoms with E-state index in [0.717, 1.165) is 26.2 Å². The van der Waals surface area contributed by atoms with Crippen molar-refractivity contribution in [2.24, 2.45) is 0 Å².